The first-order valence-electron chi connectivity index (χ1n) is 13.2. The molecule has 4 heterocycles. The number of alkyl halides is 6. The first-order valence-corrected chi connectivity index (χ1v) is 13.6. The van der Waals surface area contributed by atoms with Gasteiger partial charge in [0.2, 0.25) is 0 Å². The molecule has 42 heavy (non-hydrogen) atoms. The van der Waals surface area contributed by atoms with Crippen LogP contribution in [0.4, 0.5) is 32.0 Å². The maximum Gasteiger partial charge on any atom is 0.416 e. The number of nitrogens with zero attached hydrogens (tertiary/aromatic N) is 2. The summed E-state index contributed by atoms with van der Waals surface area (Å²) in [6.07, 6.45) is -4.99. The molecule has 3 aromatic rings. The third-order valence-electron chi connectivity index (χ3n) is 8.20. The molecule has 2 aromatic carbocycles. The van der Waals surface area contributed by atoms with E-state index in [0.29, 0.717) is 53.9 Å². The van der Waals surface area contributed by atoms with E-state index in [1.54, 1.807) is 30.5 Å². The molecular weight excluding hydrogens is 580 g/mol. The summed E-state index contributed by atoms with van der Waals surface area (Å²) in [6.45, 7) is 5.32. The SMILES string of the molecule is C=CC1CN2CCC1CC2(N)[C@H](NC(=S)Nc1cc(C(F)(F)F)cc(C(F)(F)F)c1)c1ccnc2ccc(OC)cc12. The lowest BCUT2D eigenvalue weighted by Crippen LogP contribution is -2.71. The zero-order chi connectivity index (χ0) is 30.4. The maximum atomic E-state index is 13.5. The highest BCUT2D eigenvalue weighted by atomic mass is 32.1. The Morgan fingerprint density at radius 2 is 1.83 bits per heavy atom. The predicted molar refractivity (Wildman–Crippen MR) is 152 cm³/mol. The Kier molecular flexibility index (Phi) is 7.88. The summed E-state index contributed by atoms with van der Waals surface area (Å²) in [5, 5.41) is 6.22. The number of thiocarbonyl (C=S) groups is 1. The van der Waals surface area contributed by atoms with Crippen molar-refractivity contribution in [1.29, 1.82) is 0 Å². The normalized spacial score (nSPS) is 24.7. The summed E-state index contributed by atoms with van der Waals surface area (Å²) in [6, 6.07) is 7.65. The lowest BCUT2D eigenvalue weighted by atomic mass is 9.69. The third kappa shape index (κ3) is 5.77. The van der Waals surface area contributed by atoms with Crippen molar-refractivity contribution in [3.05, 3.63) is 78.0 Å². The van der Waals surface area contributed by atoms with Gasteiger partial charge in [-0.3, -0.25) is 9.88 Å². The van der Waals surface area contributed by atoms with Gasteiger partial charge in [-0.1, -0.05) is 6.08 Å². The molecule has 3 saturated heterocycles. The van der Waals surface area contributed by atoms with Gasteiger partial charge in [-0.25, -0.2) is 0 Å². The molecule has 0 aliphatic carbocycles. The Labute approximate surface area is 243 Å². The second-order valence-electron chi connectivity index (χ2n) is 10.7. The minimum atomic E-state index is -5.00. The van der Waals surface area contributed by atoms with Gasteiger partial charge in [0, 0.05) is 30.4 Å². The predicted octanol–water partition coefficient (Wildman–Crippen LogP) is 6.49. The van der Waals surface area contributed by atoms with Crippen molar-refractivity contribution >= 4 is 33.9 Å². The summed E-state index contributed by atoms with van der Waals surface area (Å²) < 4.78 is 86.2. The zero-order valence-corrected chi connectivity index (χ0v) is 23.3. The van der Waals surface area contributed by atoms with Gasteiger partial charge >= 0.3 is 12.4 Å². The van der Waals surface area contributed by atoms with Crippen LogP contribution in [-0.2, 0) is 12.4 Å². The Morgan fingerprint density at radius 1 is 1.14 bits per heavy atom. The van der Waals surface area contributed by atoms with E-state index >= 15 is 0 Å². The van der Waals surface area contributed by atoms with Gasteiger partial charge in [0.15, 0.2) is 5.11 Å². The van der Waals surface area contributed by atoms with Crippen molar-refractivity contribution in [3.63, 3.8) is 0 Å². The molecule has 0 spiro atoms. The van der Waals surface area contributed by atoms with Crippen LogP contribution in [-0.4, -0.2) is 40.9 Å². The number of methoxy groups -OCH3 is 1. The molecule has 4 N–H and O–H groups in total. The maximum absolute atomic E-state index is 13.5. The molecule has 0 saturated carbocycles. The van der Waals surface area contributed by atoms with Crippen LogP contribution < -0.4 is 21.1 Å². The van der Waals surface area contributed by atoms with Gasteiger partial charge in [0.1, 0.15) is 5.75 Å². The van der Waals surface area contributed by atoms with Crippen LogP contribution in [0.1, 0.15) is 35.6 Å². The summed E-state index contributed by atoms with van der Waals surface area (Å²) in [5.74, 6) is 1.05. The number of rotatable bonds is 6. The van der Waals surface area contributed by atoms with E-state index in [9.17, 15) is 26.3 Å². The van der Waals surface area contributed by atoms with E-state index < -0.39 is 40.9 Å². The van der Waals surface area contributed by atoms with E-state index in [2.05, 4.69) is 27.1 Å². The fourth-order valence-corrected chi connectivity index (χ4v) is 6.34. The van der Waals surface area contributed by atoms with Crippen LogP contribution in [0.3, 0.4) is 0 Å². The number of nitrogens with two attached hydrogens (primary N) is 1. The lowest BCUT2D eigenvalue weighted by Gasteiger charge is -2.58. The molecule has 6 nitrogen and oxygen atoms in total. The van der Waals surface area contributed by atoms with Crippen molar-refractivity contribution in [2.24, 2.45) is 17.6 Å². The minimum absolute atomic E-state index is 0.0674. The fourth-order valence-electron chi connectivity index (χ4n) is 6.10. The summed E-state index contributed by atoms with van der Waals surface area (Å²) in [7, 11) is 1.53. The van der Waals surface area contributed by atoms with Crippen LogP contribution in [0.2, 0.25) is 0 Å². The summed E-state index contributed by atoms with van der Waals surface area (Å²) in [4.78, 5) is 6.58. The van der Waals surface area contributed by atoms with E-state index in [4.69, 9.17) is 22.7 Å². The first kappa shape index (κ1) is 30.1. The number of fused-ring (bicyclic) bond motifs is 4. The number of halogens is 6. The van der Waals surface area contributed by atoms with E-state index in [1.807, 2.05) is 6.08 Å². The molecule has 5 atom stereocenters. The Bertz CT molecular complexity index is 1480. The van der Waals surface area contributed by atoms with Gasteiger partial charge in [-0.05, 0) is 84.9 Å². The topological polar surface area (TPSA) is 75.4 Å². The van der Waals surface area contributed by atoms with Gasteiger partial charge in [-0.2, -0.15) is 26.3 Å². The zero-order valence-electron chi connectivity index (χ0n) is 22.5. The summed E-state index contributed by atoms with van der Waals surface area (Å²) in [5.41, 5.74) is 4.18. The van der Waals surface area contributed by atoms with Crippen LogP contribution in [0.15, 0.2) is 61.3 Å². The molecule has 6 rings (SSSR count). The number of anilines is 1. The number of benzene rings is 2. The van der Waals surface area contributed by atoms with Crippen molar-refractivity contribution in [2.45, 2.75) is 36.9 Å². The third-order valence-corrected chi connectivity index (χ3v) is 8.42. The highest BCUT2D eigenvalue weighted by molar-refractivity contribution is 7.80. The number of ether oxygens (including phenoxy) is 1. The second-order valence-corrected chi connectivity index (χ2v) is 11.1. The number of piperidine rings is 3. The number of hydrogen-bond donors (Lipinski definition) is 3. The molecular formula is C29H29F6N5OS. The smallest absolute Gasteiger partial charge is 0.416 e. The van der Waals surface area contributed by atoms with Crippen LogP contribution in [0.5, 0.6) is 5.75 Å². The van der Waals surface area contributed by atoms with E-state index in [1.165, 1.54) is 7.11 Å². The Morgan fingerprint density at radius 3 is 2.40 bits per heavy atom. The molecule has 3 aliphatic heterocycles. The molecule has 2 bridgehead atoms. The van der Waals surface area contributed by atoms with Gasteiger partial charge in [0.05, 0.1) is 35.5 Å². The van der Waals surface area contributed by atoms with E-state index in [0.717, 1.165) is 6.42 Å². The average molecular weight is 610 g/mol. The van der Waals surface area contributed by atoms with Crippen molar-refractivity contribution in [2.75, 3.05) is 25.5 Å². The fraction of sp³-hybridized carbons (Fsp3) is 0.379. The molecule has 4 unspecified atom stereocenters. The number of nitrogens with one attached hydrogen (secondary N) is 2. The monoisotopic (exact) mass is 609 g/mol. The molecule has 13 heteroatoms. The average Bonchev–Trinajstić information content (AvgIpc) is 2.94. The highest BCUT2D eigenvalue weighted by Gasteiger charge is 2.52. The second kappa shape index (κ2) is 11.0. The van der Waals surface area contributed by atoms with Gasteiger partial charge in [0.25, 0.3) is 0 Å². The Balaban J connectivity index is 1.55. The first-order chi connectivity index (χ1) is 19.7. The number of hydrogen-bond acceptors (Lipinski definition) is 5. The quantitative estimate of drug-likeness (QED) is 0.168. The van der Waals surface area contributed by atoms with Crippen LogP contribution in [0.25, 0.3) is 10.9 Å². The van der Waals surface area contributed by atoms with Crippen molar-refractivity contribution in [3.8, 4) is 5.75 Å². The molecule has 0 radical (unpaired) electrons. The molecule has 224 valence electrons. The molecule has 3 fully saturated rings. The van der Waals surface area contributed by atoms with Crippen LogP contribution in [0, 0.1) is 11.8 Å². The van der Waals surface area contributed by atoms with Crippen molar-refractivity contribution < 1.29 is 31.1 Å². The van der Waals surface area contributed by atoms with Gasteiger partial charge < -0.3 is 21.1 Å². The Hall–Kier alpha value is -3.42. The number of pyridine rings is 1. The van der Waals surface area contributed by atoms with Crippen molar-refractivity contribution in [1.82, 2.24) is 15.2 Å². The summed E-state index contributed by atoms with van der Waals surface area (Å²) >= 11 is 5.49. The molecule has 1 aromatic heterocycles. The lowest BCUT2D eigenvalue weighted by molar-refractivity contribution is -0.143. The molecule has 3 aliphatic rings. The highest BCUT2D eigenvalue weighted by Crippen LogP contribution is 2.47. The standard InChI is InChI=1S/C29H29F6N5OS/c1-3-16-15-40-9-7-17(16)14-27(40,36)25(22-6-8-37-24-5-4-21(41-2)13-23(22)24)39-26(42)38-20-11-18(28(30,31)32)10-19(12-20)29(33,34)35/h3-6,8,10-13,16-17,25H,1,7,9,14-15,36H2,2H3,(H2,38,39,42)/t16?,17?,25-,27?/m1/s1. The van der Waals surface area contributed by atoms with E-state index in [-0.39, 0.29) is 23.0 Å². The number of aromatic nitrogens is 1. The largest absolute Gasteiger partial charge is 0.497 e. The van der Waals surface area contributed by atoms with Gasteiger partial charge in [-0.15, -0.1) is 6.58 Å². The minimum Gasteiger partial charge on any atom is -0.497 e. The molecule has 0 amide bonds. The van der Waals surface area contributed by atoms with Crippen LogP contribution >= 0.6 is 12.2 Å².